The molecule has 4 nitrogen and oxygen atoms in total. The molecule has 0 aliphatic rings. The van der Waals surface area contributed by atoms with Crippen LogP contribution in [0.4, 0.5) is 0 Å². The second-order valence-electron chi connectivity index (χ2n) is 4.19. The minimum Gasteiger partial charge on any atom is -0.396 e. The molecular weight excluding hydrogens is 249 g/mol. The van der Waals surface area contributed by atoms with E-state index in [1.54, 1.807) is 0 Å². The van der Waals surface area contributed by atoms with Crippen LogP contribution in [0.3, 0.4) is 0 Å². The van der Waals surface area contributed by atoms with Crippen molar-refractivity contribution in [1.82, 2.24) is 5.32 Å². The predicted molar refractivity (Wildman–Crippen MR) is 78.6 cm³/mol. The highest BCUT2D eigenvalue weighted by atomic mass is 31.1. The Labute approximate surface area is 113 Å². The first-order valence-corrected chi connectivity index (χ1v) is 8.54. The predicted octanol–water partition coefficient (Wildman–Crippen LogP) is 1.95. The summed E-state index contributed by atoms with van der Waals surface area (Å²) in [5.41, 5.74) is 0. The van der Waals surface area contributed by atoms with Gasteiger partial charge in [-0.05, 0) is 33.1 Å². The number of hydrogen-bond donors (Lipinski definition) is 2. The molecule has 0 aliphatic carbocycles. The molecule has 0 radical (unpaired) electrons. The van der Waals surface area contributed by atoms with Crippen molar-refractivity contribution in [1.29, 1.82) is 0 Å². The third-order valence-electron chi connectivity index (χ3n) is 2.11. The molecule has 0 aromatic carbocycles. The number of hydrogen-bond acceptors (Lipinski definition) is 3. The molecule has 0 saturated carbocycles. The molecule has 1 amide bonds. The monoisotopic (exact) mass is 277 g/mol. The van der Waals surface area contributed by atoms with E-state index in [9.17, 15) is 9.59 Å². The number of nitrogens with one attached hydrogen (secondary N) is 1. The van der Waals surface area contributed by atoms with Gasteiger partial charge in [0.05, 0.1) is 0 Å². The van der Waals surface area contributed by atoms with Crippen molar-refractivity contribution in [2.75, 3.05) is 26.5 Å². The van der Waals surface area contributed by atoms with Crippen LogP contribution in [0.2, 0.25) is 0 Å². The van der Waals surface area contributed by atoms with Gasteiger partial charge in [-0.25, -0.2) is 0 Å². The third-order valence-corrected chi connectivity index (χ3v) is 2.11. The average Bonchev–Trinajstić information content (AvgIpc) is 2.32. The molecule has 0 heterocycles. The van der Waals surface area contributed by atoms with Gasteiger partial charge >= 0.3 is 0 Å². The van der Waals surface area contributed by atoms with Gasteiger partial charge < -0.3 is 15.2 Å². The molecule has 18 heavy (non-hydrogen) atoms. The Morgan fingerprint density at radius 2 is 1.61 bits per heavy atom. The van der Waals surface area contributed by atoms with E-state index in [0.717, 1.165) is 34.3 Å². The highest BCUT2D eigenvalue weighted by Gasteiger charge is 2.01. The van der Waals surface area contributed by atoms with Gasteiger partial charge in [0.2, 0.25) is 5.91 Å². The molecule has 108 valence electrons. The molecule has 0 fully saturated rings. The normalized spacial score (nSPS) is 9.33. The summed E-state index contributed by atoms with van der Waals surface area (Å²) < 4.78 is 0. The van der Waals surface area contributed by atoms with Crippen molar-refractivity contribution >= 4 is 20.3 Å². The maximum atomic E-state index is 11.1. The van der Waals surface area contributed by atoms with Gasteiger partial charge in [0.1, 0.15) is 5.78 Å². The fourth-order valence-corrected chi connectivity index (χ4v) is 1.20. The Morgan fingerprint density at radius 1 is 1.06 bits per heavy atom. The number of amides is 1. The van der Waals surface area contributed by atoms with Crippen LogP contribution >= 0.6 is 8.58 Å². The maximum absolute atomic E-state index is 11.1. The van der Waals surface area contributed by atoms with Crippen LogP contribution in [0.1, 0.15) is 45.4 Å². The summed E-state index contributed by atoms with van der Waals surface area (Å²) in [6, 6.07) is 0. The van der Waals surface area contributed by atoms with Gasteiger partial charge in [-0.2, -0.15) is 0 Å². The number of Topliss-reactive ketones (excluding diaryl/α,β-unsaturated/α-hetero) is 1. The zero-order valence-corrected chi connectivity index (χ0v) is 12.9. The standard InChI is InChI=1S/C11H21NO3.C2H7P/c1-10(14)6-7-11(15)12-8-4-2-3-5-9-13;1-3-2/h13H,2-9H2,1H3,(H,12,15);3H,1-2H3. The molecule has 2 N–H and O–H groups in total. The number of unbranched alkanes of at least 4 members (excludes halogenated alkanes) is 3. The number of aliphatic hydroxyl groups excluding tert-OH is 1. The van der Waals surface area contributed by atoms with Gasteiger partial charge in [0, 0.05) is 26.0 Å². The van der Waals surface area contributed by atoms with E-state index in [0.29, 0.717) is 19.4 Å². The Morgan fingerprint density at radius 3 is 2.11 bits per heavy atom. The lowest BCUT2D eigenvalue weighted by Gasteiger charge is -2.03. The largest absolute Gasteiger partial charge is 0.396 e. The zero-order valence-electron chi connectivity index (χ0n) is 11.9. The van der Waals surface area contributed by atoms with E-state index in [1.807, 2.05) is 0 Å². The fourth-order valence-electron chi connectivity index (χ4n) is 1.20. The summed E-state index contributed by atoms with van der Waals surface area (Å²) in [4.78, 5) is 21.7. The summed E-state index contributed by atoms with van der Waals surface area (Å²) in [6.45, 7) is 6.70. The van der Waals surface area contributed by atoms with Crippen LogP contribution in [-0.4, -0.2) is 43.3 Å². The third kappa shape index (κ3) is 20.9. The Balaban J connectivity index is 0. The average molecular weight is 277 g/mol. The van der Waals surface area contributed by atoms with Crippen LogP contribution in [0.5, 0.6) is 0 Å². The molecule has 0 aromatic heterocycles. The number of rotatable bonds is 9. The van der Waals surface area contributed by atoms with E-state index in [4.69, 9.17) is 5.11 Å². The SMILES string of the molecule is CC(=O)CCC(=O)NCCCCCCO.CPC. The van der Waals surface area contributed by atoms with Crippen molar-refractivity contribution < 1.29 is 14.7 Å². The molecule has 0 bridgehead atoms. The van der Waals surface area contributed by atoms with Gasteiger partial charge in [-0.3, -0.25) is 4.79 Å². The van der Waals surface area contributed by atoms with E-state index in [1.165, 1.54) is 6.92 Å². The maximum Gasteiger partial charge on any atom is 0.220 e. The topological polar surface area (TPSA) is 66.4 Å². The summed E-state index contributed by atoms with van der Waals surface area (Å²) in [6.07, 6.45) is 4.42. The Kier molecular flexibility index (Phi) is 18.2. The minimum absolute atomic E-state index is 0.0487. The fraction of sp³-hybridized carbons (Fsp3) is 0.846. The van der Waals surface area contributed by atoms with Gasteiger partial charge in [-0.1, -0.05) is 12.8 Å². The van der Waals surface area contributed by atoms with Gasteiger partial charge in [-0.15, -0.1) is 8.58 Å². The minimum atomic E-state index is -0.0487. The quantitative estimate of drug-likeness (QED) is 0.500. The van der Waals surface area contributed by atoms with Crippen molar-refractivity contribution in [3.63, 3.8) is 0 Å². The van der Waals surface area contributed by atoms with E-state index < -0.39 is 0 Å². The molecule has 0 rings (SSSR count). The van der Waals surface area contributed by atoms with Gasteiger partial charge in [0.25, 0.3) is 0 Å². The summed E-state index contributed by atoms with van der Waals surface area (Å²) in [5, 5.41) is 11.3. The molecule has 0 aliphatic heterocycles. The van der Waals surface area contributed by atoms with E-state index in [2.05, 4.69) is 18.6 Å². The second-order valence-corrected chi connectivity index (χ2v) is 5.19. The van der Waals surface area contributed by atoms with Crippen molar-refractivity contribution in [3.05, 3.63) is 0 Å². The number of ketones is 1. The lowest BCUT2D eigenvalue weighted by molar-refractivity contribution is -0.124. The van der Waals surface area contributed by atoms with Crippen LogP contribution in [-0.2, 0) is 9.59 Å². The van der Waals surface area contributed by atoms with Crippen LogP contribution in [0.15, 0.2) is 0 Å². The smallest absolute Gasteiger partial charge is 0.220 e. The van der Waals surface area contributed by atoms with Crippen LogP contribution in [0.25, 0.3) is 0 Å². The first-order valence-electron chi connectivity index (χ1n) is 6.54. The lowest BCUT2D eigenvalue weighted by Crippen LogP contribution is -2.24. The number of carbonyl (C=O) groups excluding carboxylic acids is 2. The van der Waals surface area contributed by atoms with Gasteiger partial charge in [0.15, 0.2) is 0 Å². The van der Waals surface area contributed by atoms with Crippen molar-refractivity contribution in [2.45, 2.75) is 45.4 Å². The van der Waals surface area contributed by atoms with Crippen LogP contribution < -0.4 is 5.32 Å². The van der Waals surface area contributed by atoms with E-state index in [-0.39, 0.29) is 18.3 Å². The first kappa shape index (κ1) is 19.9. The van der Waals surface area contributed by atoms with Crippen molar-refractivity contribution in [3.8, 4) is 0 Å². The highest BCUT2D eigenvalue weighted by Crippen LogP contribution is 1.98. The molecule has 0 unspecified atom stereocenters. The highest BCUT2D eigenvalue weighted by molar-refractivity contribution is 7.35. The first-order chi connectivity index (χ1) is 8.58. The molecule has 0 aromatic rings. The van der Waals surface area contributed by atoms with Crippen molar-refractivity contribution in [2.24, 2.45) is 0 Å². The number of aliphatic hydroxyl groups is 1. The lowest BCUT2D eigenvalue weighted by atomic mass is 10.2. The molecule has 5 heteroatoms. The van der Waals surface area contributed by atoms with E-state index >= 15 is 0 Å². The summed E-state index contributed by atoms with van der Waals surface area (Å²) >= 11 is 0. The molecule has 0 saturated heterocycles. The molecule has 0 spiro atoms. The number of carbonyl (C=O) groups is 2. The Hall–Kier alpha value is -0.470. The zero-order chi connectivity index (χ0) is 14.2. The summed E-state index contributed by atoms with van der Waals surface area (Å²) in [7, 11) is 1.08. The second kappa shape index (κ2) is 16.5. The Bertz CT molecular complexity index is 210. The molecule has 0 atom stereocenters. The summed E-state index contributed by atoms with van der Waals surface area (Å²) in [5.74, 6) is 0.000420. The van der Waals surface area contributed by atoms with Crippen LogP contribution in [0, 0.1) is 0 Å². The molecular formula is C13H28NO3P.